The fourth-order valence-electron chi connectivity index (χ4n) is 1.26. The molecule has 0 amide bonds. The fourth-order valence-corrected chi connectivity index (χ4v) is 1.26. The molecule has 0 fully saturated rings. The molecule has 5 nitrogen and oxygen atoms in total. The van der Waals surface area contributed by atoms with E-state index >= 15 is 0 Å². The highest BCUT2D eigenvalue weighted by Gasteiger charge is 2.13. The van der Waals surface area contributed by atoms with Gasteiger partial charge in [0.05, 0.1) is 0 Å². The molecule has 0 aliphatic heterocycles. The standard InChI is InChI=1S/C10H18N4O/c1-7(2)14-10(8(3)5-11)12-9(13-14)6-15-4/h5,7H,6,11H2,1-4H3/b8-5+. The molecule has 0 aromatic carbocycles. The van der Waals surface area contributed by atoms with Crippen LogP contribution in [0.2, 0.25) is 0 Å². The minimum Gasteiger partial charge on any atom is -0.404 e. The summed E-state index contributed by atoms with van der Waals surface area (Å²) in [5.74, 6) is 1.49. The molecule has 0 radical (unpaired) electrons. The third-order valence-electron chi connectivity index (χ3n) is 2.04. The van der Waals surface area contributed by atoms with Crippen LogP contribution in [0.5, 0.6) is 0 Å². The van der Waals surface area contributed by atoms with Crippen LogP contribution in [0.25, 0.3) is 5.57 Å². The lowest BCUT2D eigenvalue weighted by Crippen LogP contribution is -2.07. The SMILES string of the molecule is COCc1nc(/C(C)=C/N)n(C(C)C)n1. The largest absolute Gasteiger partial charge is 0.404 e. The minimum absolute atomic E-state index is 0.257. The van der Waals surface area contributed by atoms with Gasteiger partial charge in [0.1, 0.15) is 6.61 Å². The summed E-state index contributed by atoms with van der Waals surface area (Å²) < 4.78 is 6.85. The number of methoxy groups -OCH3 is 1. The number of aromatic nitrogens is 3. The molecule has 1 aromatic rings. The first kappa shape index (κ1) is 11.7. The van der Waals surface area contributed by atoms with Gasteiger partial charge in [-0.3, -0.25) is 0 Å². The molecule has 1 heterocycles. The molecule has 0 aliphatic carbocycles. The molecule has 15 heavy (non-hydrogen) atoms. The third-order valence-corrected chi connectivity index (χ3v) is 2.04. The number of ether oxygens (including phenoxy) is 1. The molecule has 5 heteroatoms. The zero-order valence-corrected chi connectivity index (χ0v) is 9.69. The van der Waals surface area contributed by atoms with Crippen molar-refractivity contribution in [3.05, 3.63) is 17.8 Å². The van der Waals surface area contributed by atoms with E-state index in [4.69, 9.17) is 10.5 Å². The maximum atomic E-state index is 5.48. The molecule has 0 aliphatic rings. The maximum absolute atomic E-state index is 5.48. The van der Waals surface area contributed by atoms with Gasteiger partial charge in [-0.15, -0.1) is 0 Å². The van der Waals surface area contributed by atoms with Crippen molar-refractivity contribution in [2.45, 2.75) is 33.4 Å². The predicted octanol–water partition coefficient (Wildman–Crippen LogP) is 1.32. The second kappa shape index (κ2) is 4.93. The number of nitrogens with zero attached hydrogens (tertiary/aromatic N) is 3. The van der Waals surface area contributed by atoms with Gasteiger partial charge in [0.25, 0.3) is 0 Å². The van der Waals surface area contributed by atoms with Gasteiger partial charge in [-0.05, 0) is 20.8 Å². The summed E-state index contributed by atoms with van der Waals surface area (Å²) in [5.41, 5.74) is 6.40. The lowest BCUT2D eigenvalue weighted by molar-refractivity contribution is 0.177. The highest BCUT2D eigenvalue weighted by atomic mass is 16.5. The molecule has 0 atom stereocenters. The van der Waals surface area contributed by atoms with Crippen molar-refractivity contribution >= 4 is 5.57 Å². The van der Waals surface area contributed by atoms with Crippen molar-refractivity contribution in [3.63, 3.8) is 0 Å². The van der Waals surface area contributed by atoms with Crippen molar-refractivity contribution in [2.75, 3.05) is 7.11 Å². The van der Waals surface area contributed by atoms with Crippen molar-refractivity contribution in [1.29, 1.82) is 0 Å². The topological polar surface area (TPSA) is 66.0 Å². The Bertz CT molecular complexity index is 354. The van der Waals surface area contributed by atoms with E-state index in [0.717, 1.165) is 11.4 Å². The number of allylic oxidation sites excluding steroid dienone is 1. The minimum atomic E-state index is 0.257. The lowest BCUT2D eigenvalue weighted by atomic mass is 10.3. The monoisotopic (exact) mass is 210 g/mol. The van der Waals surface area contributed by atoms with E-state index in [2.05, 4.69) is 23.9 Å². The van der Waals surface area contributed by atoms with Crippen LogP contribution in [0.15, 0.2) is 6.20 Å². The summed E-state index contributed by atoms with van der Waals surface area (Å²) in [5, 5.41) is 4.35. The van der Waals surface area contributed by atoms with E-state index in [1.807, 2.05) is 11.6 Å². The van der Waals surface area contributed by atoms with Gasteiger partial charge in [-0.25, -0.2) is 9.67 Å². The molecule has 2 N–H and O–H groups in total. The Balaban J connectivity index is 3.11. The maximum Gasteiger partial charge on any atom is 0.176 e. The van der Waals surface area contributed by atoms with Crippen molar-refractivity contribution in [1.82, 2.24) is 14.8 Å². The van der Waals surface area contributed by atoms with Crippen LogP contribution in [0.3, 0.4) is 0 Å². The molecule has 0 saturated carbocycles. The van der Waals surface area contributed by atoms with Crippen molar-refractivity contribution < 1.29 is 4.74 Å². The van der Waals surface area contributed by atoms with Crippen LogP contribution in [0.4, 0.5) is 0 Å². The molecular weight excluding hydrogens is 192 g/mol. The Morgan fingerprint density at radius 1 is 1.60 bits per heavy atom. The normalized spacial score (nSPS) is 12.5. The zero-order valence-electron chi connectivity index (χ0n) is 9.69. The van der Waals surface area contributed by atoms with Crippen LogP contribution in [-0.4, -0.2) is 21.9 Å². The van der Waals surface area contributed by atoms with Gasteiger partial charge in [-0.1, -0.05) is 0 Å². The third kappa shape index (κ3) is 2.56. The predicted molar refractivity (Wildman–Crippen MR) is 59.0 cm³/mol. The van der Waals surface area contributed by atoms with Crippen LogP contribution >= 0.6 is 0 Å². The molecule has 1 aromatic heterocycles. The van der Waals surface area contributed by atoms with Crippen LogP contribution in [0.1, 0.15) is 38.5 Å². The number of rotatable bonds is 4. The van der Waals surface area contributed by atoms with E-state index in [-0.39, 0.29) is 6.04 Å². The molecule has 0 unspecified atom stereocenters. The van der Waals surface area contributed by atoms with Crippen LogP contribution < -0.4 is 5.73 Å². The van der Waals surface area contributed by atoms with E-state index < -0.39 is 0 Å². The van der Waals surface area contributed by atoms with Gasteiger partial charge in [0, 0.05) is 24.9 Å². The number of hydrogen-bond donors (Lipinski definition) is 1. The molecule has 0 spiro atoms. The summed E-state index contributed by atoms with van der Waals surface area (Å²) >= 11 is 0. The van der Waals surface area contributed by atoms with Crippen LogP contribution in [0, 0.1) is 0 Å². The van der Waals surface area contributed by atoms with E-state index in [1.165, 1.54) is 0 Å². The summed E-state index contributed by atoms with van der Waals surface area (Å²) in [6.07, 6.45) is 1.54. The molecular formula is C10H18N4O. The summed E-state index contributed by atoms with van der Waals surface area (Å²) in [4.78, 5) is 4.37. The first-order valence-corrected chi connectivity index (χ1v) is 4.93. The average Bonchev–Trinajstić information content (AvgIpc) is 2.61. The van der Waals surface area contributed by atoms with Gasteiger partial charge < -0.3 is 10.5 Å². The summed E-state index contributed by atoms with van der Waals surface area (Å²) in [7, 11) is 1.63. The second-order valence-electron chi connectivity index (χ2n) is 3.67. The van der Waals surface area contributed by atoms with Gasteiger partial charge >= 0.3 is 0 Å². The quantitative estimate of drug-likeness (QED) is 0.814. The number of hydrogen-bond acceptors (Lipinski definition) is 4. The lowest BCUT2D eigenvalue weighted by Gasteiger charge is -2.08. The zero-order chi connectivity index (χ0) is 11.4. The average molecular weight is 210 g/mol. The Morgan fingerprint density at radius 3 is 2.73 bits per heavy atom. The molecule has 1 rings (SSSR count). The van der Waals surface area contributed by atoms with Crippen molar-refractivity contribution in [3.8, 4) is 0 Å². The van der Waals surface area contributed by atoms with Gasteiger partial charge in [0.15, 0.2) is 11.6 Å². The van der Waals surface area contributed by atoms with E-state index in [9.17, 15) is 0 Å². The Labute approximate surface area is 89.9 Å². The smallest absolute Gasteiger partial charge is 0.176 e. The fraction of sp³-hybridized carbons (Fsp3) is 0.600. The Morgan fingerprint density at radius 2 is 2.27 bits per heavy atom. The summed E-state index contributed by atoms with van der Waals surface area (Å²) in [6, 6.07) is 0.257. The van der Waals surface area contributed by atoms with E-state index in [1.54, 1.807) is 13.3 Å². The second-order valence-corrected chi connectivity index (χ2v) is 3.67. The van der Waals surface area contributed by atoms with Crippen molar-refractivity contribution in [2.24, 2.45) is 5.73 Å². The van der Waals surface area contributed by atoms with Gasteiger partial charge in [0.2, 0.25) is 0 Å². The first-order valence-electron chi connectivity index (χ1n) is 4.93. The van der Waals surface area contributed by atoms with E-state index in [0.29, 0.717) is 12.4 Å². The molecule has 0 saturated heterocycles. The Kier molecular flexibility index (Phi) is 3.85. The van der Waals surface area contributed by atoms with Crippen LogP contribution in [-0.2, 0) is 11.3 Å². The number of nitrogens with two attached hydrogens (primary N) is 1. The highest BCUT2D eigenvalue weighted by Crippen LogP contribution is 2.15. The Hall–Kier alpha value is -1.36. The molecule has 0 bridgehead atoms. The first-order chi connectivity index (χ1) is 7.10. The highest BCUT2D eigenvalue weighted by molar-refractivity contribution is 5.56. The van der Waals surface area contributed by atoms with Gasteiger partial charge in [-0.2, -0.15) is 5.10 Å². The summed E-state index contributed by atoms with van der Waals surface area (Å²) in [6.45, 7) is 6.45. The molecule has 84 valence electrons.